The molecule has 1 aliphatic rings. The third-order valence-electron chi connectivity index (χ3n) is 2.96. The molecular weight excluding hydrogens is 208 g/mol. The normalized spacial score (nSPS) is 20.8. The standard InChI is InChI=1S/C11H20N2O3/c1-12-10(14)4-3-6-13-7-5-9(8-13)11(15)16-2/h9H,3-8H2,1-2H3,(H,12,14). The van der Waals surface area contributed by atoms with Crippen molar-refractivity contribution in [3.63, 3.8) is 0 Å². The Morgan fingerprint density at radius 1 is 1.50 bits per heavy atom. The van der Waals surface area contributed by atoms with E-state index < -0.39 is 0 Å². The summed E-state index contributed by atoms with van der Waals surface area (Å²) in [5.74, 6) is -0.0254. The number of carbonyl (C=O) groups is 2. The summed E-state index contributed by atoms with van der Waals surface area (Å²) in [5.41, 5.74) is 0. The Balaban J connectivity index is 2.17. The van der Waals surface area contributed by atoms with Crippen LogP contribution >= 0.6 is 0 Å². The van der Waals surface area contributed by atoms with Crippen molar-refractivity contribution >= 4 is 11.9 Å². The van der Waals surface area contributed by atoms with Gasteiger partial charge in [-0.2, -0.15) is 0 Å². The van der Waals surface area contributed by atoms with Gasteiger partial charge in [0.15, 0.2) is 0 Å². The van der Waals surface area contributed by atoms with E-state index in [-0.39, 0.29) is 17.8 Å². The van der Waals surface area contributed by atoms with E-state index in [9.17, 15) is 9.59 Å². The summed E-state index contributed by atoms with van der Waals surface area (Å²) in [6, 6.07) is 0. The summed E-state index contributed by atoms with van der Waals surface area (Å²) < 4.78 is 4.71. The number of esters is 1. The van der Waals surface area contributed by atoms with Crippen molar-refractivity contribution in [1.82, 2.24) is 10.2 Å². The van der Waals surface area contributed by atoms with E-state index in [1.165, 1.54) is 7.11 Å². The fourth-order valence-corrected chi connectivity index (χ4v) is 1.98. The van der Waals surface area contributed by atoms with Gasteiger partial charge in [-0.05, 0) is 25.9 Å². The van der Waals surface area contributed by atoms with Crippen molar-refractivity contribution in [3.05, 3.63) is 0 Å². The minimum Gasteiger partial charge on any atom is -0.469 e. The lowest BCUT2D eigenvalue weighted by atomic mass is 10.1. The Morgan fingerprint density at radius 3 is 2.88 bits per heavy atom. The lowest BCUT2D eigenvalue weighted by Gasteiger charge is -2.14. The van der Waals surface area contributed by atoms with Crippen molar-refractivity contribution in [3.8, 4) is 0 Å². The number of hydrogen-bond acceptors (Lipinski definition) is 4. The summed E-state index contributed by atoms with van der Waals surface area (Å²) in [6.07, 6.45) is 2.26. The quantitative estimate of drug-likeness (QED) is 0.673. The van der Waals surface area contributed by atoms with Crippen LogP contribution in [-0.4, -0.2) is 50.6 Å². The Kier molecular flexibility index (Phi) is 5.25. The zero-order valence-electron chi connectivity index (χ0n) is 9.99. The molecule has 1 amide bonds. The minimum atomic E-state index is -0.117. The van der Waals surface area contributed by atoms with E-state index in [2.05, 4.69) is 10.2 Å². The number of nitrogens with zero attached hydrogens (tertiary/aromatic N) is 1. The topological polar surface area (TPSA) is 58.6 Å². The summed E-state index contributed by atoms with van der Waals surface area (Å²) in [7, 11) is 3.07. The van der Waals surface area contributed by atoms with Crippen molar-refractivity contribution in [2.75, 3.05) is 33.8 Å². The molecular formula is C11H20N2O3. The first-order valence-electron chi connectivity index (χ1n) is 5.68. The van der Waals surface area contributed by atoms with Crippen LogP contribution in [0.3, 0.4) is 0 Å². The van der Waals surface area contributed by atoms with Crippen molar-refractivity contribution in [2.45, 2.75) is 19.3 Å². The van der Waals surface area contributed by atoms with E-state index in [4.69, 9.17) is 4.74 Å². The molecule has 1 rings (SSSR count). The molecule has 0 spiro atoms. The molecule has 0 radical (unpaired) electrons. The summed E-state index contributed by atoms with van der Waals surface area (Å²) in [5, 5.41) is 2.59. The number of ether oxygens (including phenoxy) is 1. The molecule has 16 heavy (non-hydrogen) atoms. The summed E-state index contributed by atoms with van der Waals surface area (Å²) in [6.45, 7) is 2.56. The average molecular weight is 228 g/mol. The lowest BCUT2D eigenvalue weighted by Crippen LogP contribution is -2.26. The van der Waals surface area contributed by atoms with E-state index in [0.29, 0.717) is 6.42 Å². The van der Waals surface area contributed by atoms with E-state index in [0.717, 1.165) is 32.5 Å². The van der Waals surface area contributed by atoms with E-state index in [1.807, 2.05) is 0 Å². The van der Waals surface area contributed by atoms with Gasteiger partial charge in [-0.25, -0.2) is 0 Å². The van der Waals surface area contributed by atoms with Gasteiger partial charge < -0.3 is 15.0 Å². The molecule has 1 atom stereocenters. The highest BCUT2D eigenvalue weighted by atomic mass is 16.5. The Bertz CT molecular complexity index is 256. The second-order valence-corrected chi connectivity index (χ2v) is 4.09. The maximum Gasteiger partial charge on any atom is 0.310 e. The first-order valence-corrected chi connectivity index (χ1v) is 5.68. The smallest absolute Gasteiger partial charge is 0.310 e. The number of nitrogens with one attached hydrogen (secondary N) is 1. The van der Waals surface area contributed by atoms with Crippen molar-refractivity contribution in [2.24, 2.45) is 5.92 Å². The number of amides is 1. The largest absolute Gasteiger partial charge is 0.469 e. The first-order chi connectivity index (χ1) is 7.67. The maximum atomic E-state index is 11.3. The Morgan fingerprint density at radius 2 is 2.25 bits per heavy atom. The molecule has 5 nitrogen and oxygen atoms in total. The first kappa shape index (κ1) is 13.0. The number of rotatable bonds is 5. The number of methoxy groups -OCH3 is 1. The highest BCUT2D eigenvalue weighted by molar-refractivity contribution is 5.75. The molecule has 0 aromatic heterocycles. The average Bonchev–Trinajstić information content (AvgIpc) is 2.76. The number of carbonyl (C=O) groups excluding carboxylic acids is 2. The molecule has 1 heterocycles. The molecule has 0 bridgehead atoms. The summed E-state index contributed by atoms with van der Waals surface area (Å²) >= 11 is 0. The molecule has 0 saturated carbocycles. The zero-order valence-corrected chi connectivity index (χ0v) is 9.99. The van der Waals surface area contributed by atoms with Crippen LogP contribution in [0.5, 0.6) is 0 Å². The molecule has 0 aromatic rings. The van der Waals surface area contributed by atoms with Crippen LogP contribution in [0.4, 0.5) is 0 Å². The van der Waals surface area contributed by atoms with Gasteiger partial charge in [-0.1, -0.05) is 0 Å². The molecule has 1 aliphatic heterocycles. The predicted molar refractivity (Wildman–Crippen MR) is 59.9 cm³/mol. The van der Waals surface area contributed by atoms with Crippen LogP contribution in [0.2, 0.25) is 0 Å². The van der Waals surface area contributed by atoms with Crippen LogP contribution in [0.15, 0.2) is 0 Å². The molecule has 5 heteroatoms. The van der Waals surface area contributed by atoms with Gasteiger partial charge in [0.05, 0.1) is 13.0 Å². The fraction of sp³-hybridized carbons (Fsp3) is 0.818. The van der Waals surface area contributed by atoms with Gasteiger partial charge in [0.2, 0.25) is 5.91 Å². The maximum absolute atomic E-state index is 11.3. The second-order valence-electron chi connectivity index (χ2n) is 4.09. The zero-order chi connectivity index (χ0) is 12.0. The van der Waals surface area contributed by atoms with Gasteiger partial charge in [-0.3, -0.25) is 9.59 Å². The van der Waals surface area contributed by atoms with Crippen molar-refractivity contribution in [1.29, 1.82) is 0 Å². The van der Waals surface area contributed by atoms with Gasteiger partial charge in [-0.15, -0.1) is 0 Å². The van der Waals surface area contributed by atoms with Gasteiger partial charge in [0.25, 0.3) is 0 Å². The Labute approximate surface area is 96.1 Å². The van der Waals surface area contributed by atoms with Crippen LogP contribution in [0.1, 0.15) is 19.3 Å². The monoisotopic (exact) mass is 228 g/mol. The second kappa shape index (κ2) is 6.48. The van der Waals surface area contributed by atoms with Gasteiger partial charge >= 0.3 is 5.97 Å². The van der Waals surface area contributed by atoms with E-state index >= 15 is 0 Å². The highest BCUT2D eigenvalue weighted by Gasteiger charge is 2.28. The molecule has 0 aliphatic carbocycles. The number of likely N-dealkylation sites (tertiary alicyclic amines) is 1. The highest BCUT2D eigenvalue weighted by Crippen LogP contribution is 2.17. The van der Waals surface area contributed by atoms with Crippen molar-refractivity contribution < 1.29 is 14.3 Å². The van der Waals surface area contributed by atoms with Crippen LogP contribution in [0, 0.1) is 5.92 Å². The molecule has 0 aromatic carbocycles. The summed E-state index contributed by atoms with van der Waals surface area (Å²) in [4.78, 5) is 24.5. The SMILES string of the molecule is CNC(=O)CCCN1CCC(C(=O)OC)C1. The lowest BCUT2D eigenvalue weighted by molar-refractivity contribution is -0.145. The van der Waals surface area contributed by atoms with Crippen LogP contribution < -0.4 is 5.32 Å². The molecule has 1 saturated heterocycles. The van der Waals surface area contributed by atoms with Gasteiger partial charge in [0, 0.05) is 20.0 Å². The van der Waals surface area contributed by atoms with Crippen LogP contribution in [-0.2, 0) is 14.3 Å². The third kappa shape index (κ3) is 3.81. The molecule has 92 valence electrons. The van der Waals surface area contributed by atoms with Crippen LogP contribution in [0.25, 0.3) is 0 Å². The number of hydrogen-bond donors (Lipinski definition) is 1. The minimum absolute atomic E-state index is 0.0185. The predicted octanol–water partition coefficient (Wildman–Crippen LogP) is 0.00750. The van der Waals surface area contributed by atoms with E-state index in [1.54, 1.807) is 7.05 Å². The molecule has 1 unspecified atom stereocenters. The Hall–Kier alpha value is -1.10. The fourth-order valence-electron chi connectivity index (χ4n) is 1.98. The van der Waals surface area contributed by atoms with Gasteiger partial charge in [0.1, 0.15) is 0 Å². The molecule has 1 N–H and O–H groups in total. The third-order valence-corrected chi connectivity index (χ3v) is 2.96. The molecule has 1 fully saturated rings.